The number of hydrogen-bond donors (Lipinski definition) is 2. The zero-order valence-corrected chi connectivity index (χ0v) is 19.5. The highest BCUT2D eigenvalue weighted by Crippen LogP contribution is 2.29. The third kappa shape index (κ3) is 6.75. The maximum absolute atomic E-state index is 12.3. The molecule has 4 rings (SSSR count). The highest BCUT2D eigenvalue weighted by Gasteiger charge is 2.31. The van der Waals surface area contributed by atoms with Gasteiger partial charge in [0.05, 0.1) is 5.56 Å². The maximum atomic E-state index is 12.3. The molecule has 0 spiro atoms. The SMILES string of the molecule is CC/C=C(\C=C1\OCOC1C)CNc1ncccc1-c1nnc(Nc2ccc(OC(F)(F)F)cc2)o1. The molecule has 3 heterocycles. The third-order valence-electron chi connectivity index (χ3n) is 5.00. The van der Waals surface area contributed by atoms with Gasteiger partial charge in [-0.05, 0) is 61.4 Å². The van der Waals surface area contributed by atoms with Crippen LogP contribution in [0, 0.1) is 0 Å². The van der Waals surface area contributed by atoms with Crippen molar-refractivity contribution in [3.63, 3.8) is 0 Å². The smallest absolute Gasteiger partial charge is 0.469 e. The first-order chi connectivity index (χ1) is 17.3. The first-order valence-electron chi connectivity index (χ1n) is 11.1. The monoisotopic (exact) mass is 503 g/mol. The molecule has 1 atom stereocenters. The minimum absolute atomic E-state index is 0.0629. The van der Waals surface area contributed by atoms with Crippen LogP contribution in [0.4, 0.5) is 30.7 Å². The number of allylic oxidation sites excluding steroid dienone is 1. The van der Waals surface area contributed by atoms with Gasteiger partial charge in [0.15, 0.2) is 6.79 Å². The van der Waals surface area contributed by atoms with Crippen molar-refractivity contribution < 1.29 is 31.8 Å². The molecule has 1 aromatic carbocycles. The standard InChI is InChI=1S/C24H24F3N5O4/c1-3-5-16(12-20-15(2)33-14-34-20)13-29-21-19(6-4-11-28-21)22-31-32-23(35-22)30-17-7-9-18(10-8-17)36-24(25,26)27/h4-12,15H,3,13-14H2,1-2H3,(H,28,29)(H,30,32)/b16-5+,20-12+. The normalized spacial score (nSPS) is 17.2. The van der Waals surface area contributed by atoms with Crippen LogP contribution in [0.15, 0.2) is 70.5 Å². The lowest BCUT2D eigenvalue weighted by atomic mass is 10.1. The Bertz CT molecular complexity index is 1220. The van der Waals surface area contributed by atoms with E-state index >= 15 is 0 Å². The Morgan fingerprint density at radius 2 is 2.00 bits per heavy atom. The van der Waals surface area contributed by atoms with E-state index in [4.69, 9.17) is 13.9 Å². The van der Waals surface area contributed by atoms with Crippen molar-refractivity contribution in [1.82, 2.24) is 15.2 Å². The average Bonchev–Trinajstić information content (AvgIpc) is 3.47. The maximum Gasteiger partial charge on any atom is 0.573 e. The van der Waals surface area contributed by atoms with Crippen LogP contribution in [-0.4, -0.2) is 41.0 Å². The summed E-state index contributed by atoms with van der Waals surface area (Å²) in [5.74, 6) is 1.19. The van der Waals surface area contributed by atoms with Gasteiger partial charge in [-0.25, -0.2) is 4.98 Å². The van der Waals surface area contributed by atoms with Gasteiger partial charge >= 0.3 is 12.4 Å². The van der Waals surface area contributed by atoms with E-state index in [1.54, 1.807) is 18.3 Å². The van der Waals surface area contributed by atoms with E-state index in [2.05, 4.69) is 36.6 Å². The van der Waals surface area contributed by atoms with Crippen LogP contribution in [0.25, 0.3) is 11.5 Å². The Labute approximate surface area is 205 Å². The highest BCUT2D eigenvalue weighted by molar-refractivity contribution is 5.69. The predicted octanol–water partition coefficient (Wildman–Crippen LogP) is 5.80. The fourth-order valence-electron chi connectivity index (χ4n) is 3.34. The van der Waals surface area contributed by atoms with Gasteiger partial charge in [0.25, 0.3) is 5.89 Å². The highest BCUT2D eigenvalue weighted by atomic mass is 19.4. The van der Waals surface area contributed by atoms with Crippen LogP contribution < -0.4 is 15.4 Å². The van der Waals surface area contributed by atoms with Gasteiger partial charge in [0.2, 0.25) is 0 Å². The molecule has 1 saturated heterocycles. The molecule has 0 aliphatic carbocycles. The molecule has 0 radical (unpaired) electrons. The number of alkyl halides is 3. The Morgan fingerprint density at radius 1 is 1.19 bits per heavy atom. The number of nitrogens with one attached hydrogen (secondary N) is 2. The van der Waals surface area contributed by atoms with Crippen molar-refractivity contribution >= 4 is 17.5 Å². The Hall–Kier alpha value is -4.06. The Balaban J connectivity index is 1.44. The van der Waals surface area contributed by atoms with E-state index in [-0.39, 0.29) is 30.6 Å². The van der Waals surface area contributed by atoms with Gasteiger partial charge in [-0.2, -0.15) is 0 Å². The predicted molar refractivity (Wildman–Crippen MR) is 125 cm³/mol. The average molecular weight is 503 g/mol. The summed E-state index contributed by atoms with van der Waals surface area (Å²) in [5.41, 5.74) is 2.04. The van der Waals surface area contributed by atoms with Gasteiger partial charge in [0.1, 0.15) is 23.4 Å². The summed E-state index contributed by atoms with van der Waals surface area (Å²) in [6.07, 6.45) is 1.66. The number of hydrogen-bond acceptors (Lipinski definition) is 9. The summed E-state index contributed by atoms with van der Waals surface area (Å²) in [6, 6.07) is 8.75. The van der Waals surface area contributed by atoms with Crippen molar-refractivity contribution in [3.8, 4) is 17.2 Å². The second-order valence-electron chi connectivity index (χ2n) is 7.67. The first kappa shape index (κ1) is 25.0. The number of nitrogens with zero attached hydrogens (tertiary/aromatic N) is 3. The summed E-state index contributed by atoms with van der Waals surface area (Å²) in [5, 5.41) is 14.2. The lowest BCUT2D eigenvalue weighted by molar-refractivity contribution is -0.274. The van der Waals surface area contributed by atoms with Crippen LogP contribution in [-0.2, 0) is 9.47 Å². The minimum Gasteiger partial charge on any atom is -0.469 e. The lowest BCUT2D eigenvalue weighted by Gasteiger charge is -2.11. The summed E-state index contributed by atoms with van der Waals surface area (Å²) in [7, 11) is 0. The summed E-state index contributed by atoms with van der Waals surface area (Å²) in [6.45, 7) is 4.69. The lowest BCUT2D eigenvalue weighted by Crippen LogP contribution is -2.16. The molecule has 1 aliphatic rings. The molecule has 0 saturated carbocycles. The van der Waals surface area contributed by atoms with E-state index in [1.807, 2.05) is 19.9 Å². The van der Waals surface area contributed by atoms with Crippen LogP contribution in [0.1, 0.15) is 20.3 Å². The third-order valence-corrected chi connectivity index (χ3v) is 5.00. The van der Waals surface area contributed by atoms with Gasteiger partial charge in [-0.1, -0.05) is 18.1 Å². The number of pyridine rings is 1. The molecule has 9 nitrogen and oxygen atoms in total. The van der Waals surface area contributed by atoms with Gasteiger partial charge in [0, 0.05) is 18.4 Å². The number of anilines is 3. The zero-order chi connectivity index (χ0) is 25.5. The molecule has 2 aromatic heterocycles. The fraction of sp³-hybridized carbons (Fsp3) is 0.292. The topological polar surface area (TPSA) is 104 Å². The van der Waals surface area contributed by atoms with E-state index in [9.17, 15) is 13.2 Å². The van der Waals surface area contributed by atoms with E-state index in [1.165, 1.54) is 24.3 Å². The van der Waals surface area contributed by atoms with Crippen molar-refractivity contribution in [1.29, 1.82) is 0 Å². The van der Waals surface area contributed by atoms with Crippen LogP contribution in [0.3, 0.4) is 0 Å². The number of ether oxygens (including phenoxy) is 3. The van der Waals surface area contributed by atoms with Crippen molar-refractivity contribution in [2.45, 2.75) is 32.7 Å². The van der Waals surface area contributed by atoms with Crippen LogP contribution in [0.5, 0.6) is 5.75 Å². The molecule has 36 heavy (non-hydrogen) atoms. The molecule has 12 heteroatoms. The van der Waals surface area contributed by atoms with Crippen molar-refractivity contribution in [3.05, 3.63) is 66.1 Å². The van der Waals surface area contributed by atoms with Crippen molar-refractivity contribution in [2.24, 2.45) is 0 Å². The Kier molecular flexibility index (Phi) is 7.74. The molecule has 3 aromatic rings. The molecule has 190 valence electrons. The summed E-state index contributed by atoms with van der Waals surface area (Å²) in [4.78, 5) is 4.40. The second-order valence-corrected chi connectivity index (χ2v) is 7.67. The molecular formula is C24H24F3N5O4. The van der Waals surface area contributed by atoms with E-state index < -0.39 is 6.36 Å². The van der Waals surface area contributed by atoms with Crippen LogP contribution in [0.2, 0.25) is 0 Å². The largest absolute Gasteiger partial charge is 0.573 e. The number of benzene rings is 1. The molecule has 0 amide bonds. The second kappa shape index (κ2) is 11.1. The van der Waals surface area contributed by atoms with E-state index in [0.29, 0.717) is 23.6 Å². The number of rotatable bonds is 9. The summed E-state index contributed by atoms with van der Waals surface area (Å²) < 4.78 is 57.5. The van der Waals surface area contributed by atoms with Crippen LogP contribution >= 0.6 is 0 Å². The van der Waals surface area contributed by atoms with E-state index in [0.717, 1.165) is 17.8 Å². The molecular weight excluding hydrogens is 479 g/mol. The molecule has 1 unspecified atom stereocenters. The molecule has 1 aliphatic heterocycles. The quantitative estimate of drug-likeness (QED) is 0.375. The number of aromatic nitrogens is 3. The zero-order valence-electron chi connectivity index (χ0n) is 19.5. The van der Waals surface area contributed by atoms with Gasteiger partial charge in [-0.3, -0.25) is 0 Å². The summed E-state index contributed by atoms with van der Waals surface area (Å²) >= 11 is 0. The molecule has 2 N–H and O–H groups in total. The first-order valence-corrected chi connectivity index (χ1v) is 11.1. The number of halogens is 3. The molecule has 0 bridgehead atoms. The fourth-order valence-corrected chi connectivity index (χ4v) is 3.34. The van der Waals surface area contributed by atoms with Gasteiger partial charge in [-0.15, -0.1) is 18.3 Å². The molecule has 1 fully saturated rings. The van der Waals surface area contributed by atoms with Crippen molar-refractivity contribution in [2.75, 3.05) is 24.0 Å². The minimum atomic E-state index is -4.76. The Morgan fingerprint density at radius 3 is 2.69 bits per heavy atom. The van der Waals surface area contributed by atoms with Gasteiger partial charge < -0.3 is 29.3 Å².